The van der Waals surface area contributed by atoms with E-state index < -0.39 is 29.0 Å². The summed E-state index contributed by atoms with van der Waals surface area (Å²) in [6.45, 7) is 5.22. The van der Waals surface area contributed by atoms with Gasteiger partial charge in [0.05, 0.1) is 7.11 Å². The molecule has 0 amide bonds. The van der Waals surface area contributed by atoms with Gasteiger partial charge in [-0.25, -0.2) is 0 Å². The molecule has 0 aliphatic heterocycles. The first-order chi connectivity index (χ1) is 9.65. The predicted octanol–water partition coefficient (Wildman–Crippen LogP) is 4.33. The van der Waals surface area contributed by atoms with Crippen molar-refractivity contribution in [2.24, 2.45) is 0 Å². The number of benzene rings is 1. The summed E-state index contributed by atoms with van der Waals surface area (Å²) < 4.78 is 43.9. The van der Waals surface area contributed by atoms with E-state index in [1.165, 1.54) is 6.92 Å². The lowest BCUT2D eigenvalue weighted by molar-refractivity contribution is -0.140. The van der Waals surface area contributed by atoms with Crippen LogP contribution in [0.4, 0.5) is 13.2 Å². The van der Waals surface area contributed by atoms with Gasteiger partial charge in [0, 0.05) is 11.1 Å². The largest absolute Gasteiger partial charge is 0.507 e. The summed E-state index contributed by atoms with van der Waals surface area (Å²) in [6.07, 6.45) is -2.22. The molecule has 1 rings (SSSR count). The number of halogens is 3. The van der Waals surface area contributed by atoms with E-state index in [4.69, 9.17) is 0 Å². The van der Waals surface area contributed by atoms with Crippen molar-refractivity contribution in [1.82, 2.24) is 0 Å². The number of ether oxygens (including phenoxy) is 1. The Kier molecular flexibility index (Phi) is 5.15. The number of methoxy groups -OCH3 is 1. The number of rotatable bonds is 4. The smallest absolute Gasteiger partial charge is 0.423 e. The van der Waals surface area contributed by atoms with E-state index in [1.54, 1.807) is 6.08 Å². The fourth-order valence-corrected chi connectivity index (χ4v) is 2.00. The standard InChI is InChI=1S/C15H19F3O3/c1-5-8(2)6-7-10-9(3)12(19)14(21-4)11(13(10)20)15(16,17)18/h6,19-20H,5,7H2,1-4H3/b8-6+. The monoisotopic (exact) mass is 304 g/mol. The molecule has 0 heterocycles. The van der Waals surface area contributed by atoms with E-state index >= 15 is 0 Å². The Morgan fingerprint density at radius 1 is 1.24 bits per heavy atom. The highest BCUT2D eigenvalue weighted by atomic mass is 19.4. The van der Waals surface area contributed by atoms with Gasteiger partial charge < -0.3 is 14.9 Å². The number of phenolic OH excluding ortho intramolecular Hbond substituents is 2. The third kappa shape index (κ3) is 3.43. The van der Waals surface area contributed by atoms with E-state index in [2.05, 4.69) is 4.74 Å². The number of hydrogen-bond acceptors (Lipinski definition) is 3. The van der Waals surface area contributed by atoms with Crippen molar-refractivity contribution in [3.05, 3.63) is 28.3 Å². The number of aromatic hydroxyl groups is 2. The van der Waals surface area contributed by atoms with Gasteiger partial charge in [0.1, 0.15) is 11.3 Å². The molecule has 1 aromatic rings. The Morgan fingerprint density at radius 3 is 2.24 bits per heavy atom. The molecule has 0 bridgehead atoms. The summed E-state index contributed by atoms with van der Waals surface area (Å²) in [5.74, 6) is -2.24. The number of allylic oxidation sites excluding steroid dienone is 2. The quantitative estimate of drug-likeness (QED) is 0.643. The minimum absolute atomic E-state index is 0.0495. The van der Waals surface area contributed by atoms with Crippen molar-refractivity contribution in [3.8, 4) is 17.2 Å². The van der Waals surface area contributed by atoms with Gasteiger partial charge >= 0.3 is 6.18 Å². The molecule has 0 saturated heterocycles. The lowest BCUT2D eigenvalue weighted by Crippen LogP contribution is -2.10. The van der Waals surface area contributed by atoms with Crippen LogP contribution in [0.25, 0.3) is 0 Å². The molecular weight excluding hydrogens is 285 g/mol. The maximum Gasteiger partial charge on any atom is 0.423 e. The van der Waals surface area contributed by atoms with Crippen LogP contribution in [0.5, 0.6) is 17.2 Å². The van der Waals surface area contributed by atoms with E-state index in [0.717, 1.165) is 19.1 Å². The summed E-state index contributed by atoms with van der Waals surface area (Å²) in [6, 6.07) is 0. The maximum atomic E-state index is 13.1. The molecule has 0 aromatic heterocycles. The Morgan fingerprint density at radius 2 is 1.81 bits per heavy atom. The zero-order valence-corrected chi connectivity index (χ0v) is 12.4. The average molecular weight is 304 g/mol. The minimum Gasteiger partial charge on any atom is -0.507 e. The summed E-state index contributed by atoms with van der Waals surface area (Å²) >= 11 is 0. The van der Waals surface area contributed by atoms with Crippen molar-refractivity contribution < 1.29 is 28.1 Å². The van der Waals surface area contributed by atoms with Gasteiger partial charge in [0.15, 0.2) is 11.5 Å². The predicted molar refractivity (Wildman–Crippen MR) is 73.8 cm³/mol. The van der Waals surface area contributed by atoms with Crippen LogP contribution in [0, 0.1) is 6.92 Å². The van der Waals surface area contributed by atoms with Crippen LogP contribution in [0.15, 0.2) is 11.6 Å². The molecule has 6 heteroatoms. The maximum absolute atomic E-state index is 13.1. The molecule has 0 saturated carbocycles. The molecule has 0 spiro atoms. The van der Waals surface area contributed by atoms with Gasteiger partial charge in [-0.1, -0.05) is 18.6 Å². The molecule has 0 fully saturated rings. The Hall–Kier alpha value is -1.85. The fraction of sp³-hybridized carbons (Fsp3) is 0.467. The van der Waals surface area contributed by atoms with Crippen molar-refractivity contribution in [2.45, 2.75) is 39.8 Å². The van der Waals surface area contributed by atoms with Gasteiger partial charge in [-0.2, -0.15) is 13.2 Å². The molecule has 21 heavy (non-hydrogen) atoms. The van der Waals surface area contributed by atoms with Crippen LogP contribution in [0.2, 0.25) is 0 Å². The molecule has 0 radical (unpaired) electrons. The summed E-state index contributed by atoms with van der Waals surface area (Å²) in [4.78, 5) is 0. The van der Waals surface area contributed by atoms with E-state index in [0.29, 0.717) is 0 Å². The summed E-state index contributed by atoms with van der Waals surface area (Å²) in [5, 5.41) is 19.9. The lowest BCUT2D eigenvalue weighted by atomic mass is 9.96. The van der Waals surface area contributed by atoms with Crippen molar-refractivity contribution in [2.75, 3.05) is 7.11 Å². The summed E-state index contributed by atoms with van der Waals surface area (Å²) in [5.41, 5.74) is -0.130. The first-order valence-electron chi connectivity index (χ1n) is 6.49. The Bertz CT molecular complexity index is 561. The lowest BCUT2D eigenvalue weighted by Gasteiger charge is -2.19. The molecular formula is C15H19F3O3. The molecule has 0 aliphatic carbocycles. The highest BCUT2D eigenvalue weighted by Gasteiger charge is 2.41. The first kappa shape index (κ1) is 17.2. The van der Waals surface area contributed by atoms with Crippen molar-refractivity contribution >= 4 is 0 Å². The Balaban J connectivity index is 3.57. The summed E-state index contributed by atoms with van der Waals surface area (Å²) in [7, 11) is 1.02. The van der Waals surface area contributed by atoms with Gasteiger partial charge in [0.2, 0.25) is 0 Å². The molecule has 0 unspecified atom stereocenters. The van der Waals surface area contributed by atoms with Crippen molar-refractivity contribution in [1.29, 1.82) is 0 Å². The van der Waals surface area contributed by atoms with Crippen LogP contribution in [0.1, 0.15) is 37.0 Å². The topological polar surface area (TPSA) is 49.7 Å². The average Bonchev–Trinajstić information content (AvgIpc) is 2.40. The van der Waals surface area contributed by atoms with Crippen LogP contribution in [-0.4, -0.2) is 17.3 Å². The highest BCUT2D eigenvalue weighted by molar-refractivity contribution is 5.63. The molecule has 3 nitrogen and oxygen atoms in total. The molecule has 118 valence electrons. The minimum atomic E-state index is -4.82. The second-order valence-corrected chi connectivity index (χ2v) is 4.81. The number of hydrogen-bond donors (Lipinski definition) is 2. The Labute approximate surface area is 121 Å². The van der Waals surface area contributed by atoms with Gasteiger partial charge in [0.25, 0.3) is 0 Å². The van der Waals surface area contributed by atoms with Crippen LogP contribution in [-0.2, 0) is 12.6 Å². The van der Waals surface area contributed by atoms with Crippen LogP contribution < -0.4 is 4.74 Å². The SMILES string of the molecule is CC/C(C)=C/Cc1c(C)c(O)c(OC)c(C(F)(F)F)c1O. The van der Waals surface area contributed by atoms with E-state index in [-0.39, 0.29) is 17.5 Å². The zero-order chi connectivity index (χ0) is 16.4. The fourth-order valence-electron chi connectivity index (χ4n) is 2.00. The van der Waals surface area contributed by atoms with E-state index in [1.807, 2.05) is 13.8 Å². The van der Waals surface area contributed by atoms with E-state index in [9.17, 15) is 23.4 Å². The first-order valence-corrected chi connectivity index (χ1v) is 6.49. The second-order valence-electron chi connectivity index (χ2n) is 4.81. The zero-order valence-electron chi connectivity index (χ0n) is 12.4. The molecule has 1 aromatic carbocycles. The normalized spacial score (nSPS) is 12.6. The number of alkyl halides is 3. The van der Waals surface area contributed by atoms with Crippen LogP contribution >= 0.6 is 0 Å². The molecule has 2 N–H and O–H groups in total. The van der Waals surface area contributed by atoms with Gasteiger partial charge in [-0.05, 0) is 26.7 Å². The van der Waals surface area contributed by atoms with Gasteiger partial charge in [-0.3, -0.25) is 0 Å². The third-order valence-electron chi connectivity index (χ3n) is 3.47. The third-order valence-corrected chi connectivity index (χ3v) is 3.47. The van der Waals surface area contributed by atoms with Crippen LogP contribution in [0.3, 0.4) is 0 Å². The van der Waals surface area contributed by atoms with Gasteiger partial charge in [-0.15, -0.1) is 0 Å². The molecule has 0 atom stereocenters. The number of phenols is 2. The van der Waals surface area contributed by atoms with Crippen molar-refractivity contribution in [3.63, 3.8) is 0 Å². The highest BCUT2D eigenvalue weighted by Crippen LogP contribution is 2.50. The molecule has 0 aliphatic rings. The second kappa shape index (κ2) is 6.28.